The standard InChI is InChI=1S/C20H20N2O5/c1-25-15-7-6-8-16(13-15)27-14-19(23)22-11-4-5-12-26-18-10-3-2-9-17(18)20(21)24/h2-3,6-10,13H,11-12,14H2,1H3,(H2,21,24)(H,22,23). The van der Waals surface area contributed by atoms with Gasteiger partial charge < -0.3 is 25.3 Å². The summed E-state index contributed by atoms with van der Waals surface area (Å²) in [5.74, 6) is 6.19. The number of carbonyl (C=O) groups is 2. The Morgan fingerprint density at radius 2 is 1.81 bits per heavy atom. The smallest absolute Gasteiger partial charge is 0.258 e. The maximum Gasteiger partial charge on any atom is 0.258 e. The van der Waals surface area contributed by atoms with E-state index in [1.165, 1.54) is 0 Å². The van der Waals surface area contributed by atoms with E-state index in [1.54, 1.807) is 55.6 Å². The summed E-state index contributed by atoms with van der Waals surface area (Å²) < 4.78 is 15.9. The lowest BCUT2D eigenvalue weighted by atomic mass is 10.2. The lowest BCUT2D eigenvalue weighted by Crippen LogP contribution is -2.29. The first kappa shape index (κ1) is 19.7. The fraction of sp³-hybridized carbons (Fsp3) is 0.200. The van der Waals surface area contributed by atoms with Crippen LogP contribution >= 0.6 is 0 Å². The summed E-state index contributed by atoms with van der Waals surface area (Å²) in [4.78, 5) is 23.0. The molecule has 0 aliphatic rings. The number of primary amides is 1. The Kier molecular flexibility index (Phi) is 7.54. The molecule has 0 saturated carbocycles. The summed E-state index contributed by atoms with van der Waals surface area (Å²) >= 11 is 0. The van der Waals surface area contributed by atoms with Gasteiger partial charge in [-0.05, 0) is 24.3 Å². The molecule has 3 N–H and O–H groups in total. The van der Waals surface area contributed by atoms with E-state index in [1.807, 2.05) is 0 Å². The molecule has 0 bridgehead atoms. The highest BCUT2D eigenvalue weighted by Crippen LogP contribution is 2.18. The second-order valence-electron chi connectivity index (χ2n) is 5.25. The molecule has 0 aliphatic heterocycles. The van der Waals surface area contributed by atoms with Crippen LogP contribution in [0.1, 0.15) is 10.4 Å². The number of hydrogen-bond acceptors (Lipinski definition) is 5. The second-order valence-corrected chi connectivity index (χ2v) is 5.25. The van der Waals surface area contributed by atoms with Crippen LogP contribution in [0.5, 0.6) is 17.2 Å². The number of methoxy groups -OCH3 is 1. The van der Waals surface area contributed by atoms with Crippen LogP contribution in [0.25, 0.3) is 0 Å². The molecule has 2 aromatic rings. The molecule has 7 nitrogen and oxygen atoms in total. The van der Waals surface area contributed by atoms with Gasteiger partial charge in [0.15, 0.2) is 6.61 Å². The summed E-state index contributed by atoms with van der Waals surface area (Å²) in [6.45, 7) is 0.0962. The van der Waals surface area contributed by atoms with Crippen molar-refractivity contribution >= 4 is 11.8 Å². The Bertz CT molecular complexity index is 855. The number of nitrogens with one attached hydrogen (secondary N) is 1. The third-order valence-corrected chi connectivity index (χ3v) is 3.36. The molecule has 140 valence electrons. The number of para-hydroxylation sites is 1. The molecule has 0 unspecified atom stereocenters. The lowest BCUT2D eigenvalue weighted by molar-refractivity contribution is -0.122. The van der Waals surface area contributed by atoms with Crippen LogP contribution in [-0.4, -0.2) is 38.7 Å². The van der Waals surface area contributed by atoms with Crippen molar-refractivity contribution in [2.75, 3.05) is 26.9 Å². The van der Waals surface area contributed by atoms with Gasteiger partial charge in [0.1, 0.15) is 23.9 Å². The number of benzene rings is 2. The maximum absolute atomic E-state index is 11.7. The lowest BCUT2D eigenvalue weighted by Gasteiger charge is -2.07. The summed E-state index contributed by atoms with van der Waals surface area (Å²) in [6, 6.07) is 13.6. The van der Waals surface area contributed by atoms with E-state index in [9.17, 15) is 9.59 Å². The van der Waals surface area contributed by atoms with Crippen LogP contribution < -0.4 is 25.3 Å². The Hall–Kier alpha value is -3.66. The quantitative estimate of drug-likeness (QED) is 0.686. The van der Waals surface area contributed by atoms with Crippen LogP contribution in [0.15, 0.2) is 48.5 Å². The van der Waals surface area contributed by atoms with E-state index >= 15 is 0 Å². The first-order chi connectivity index (χ1) is 13.1. The maximum atomic E-state index is 11.7. The van der Waals surface area contributed by atoms with Crippen molar-refractivity contribution in [1.29, 1.82) is 0 Å². The molecule has 0 atom stereocenters. The number of hydrogen-bond donors (Lipinski definition) is 2. The number of ether oxygens (including phenoxy) is 3. The van der Waals surface area contributed by atoms with Gasteiger partial charge in [-0.25, -0.2) is 0 Å². The van der Waals surface area contributed by atoms with Crippen LogP contribution in [-0.2, 0) is 4.79 Å². The van der Waals surface area contributed by atoms with Crippen LogP contribution in [0, 0.1) is 11.8 Å². The number of carbonyl (C=O) groups excluding carboxylic acids is 2. The summed E-state index contributed by atoms with van der Waals surface area (Å²) in [5, 5.41) is 2.61. The fourth-order valence-electron chi connectivity index (χ4n) is 2.06. The topological polar surface area (TPSA) is 99.9 Å². The predicted molar refractivity (Wildman–Crippen MR) is 99.7 cm³/mol. The van der Waals surface area contributed by atoms with Crippen molar-refractivity contribution < 1.29 is 23.8 Å². The van der Waals surface area contributed by atoms with Gasteiger partial charge in [-0.2, -0.15) is 0 Å². The Morgan fingerprint density at radius 1 is 1.04 bits per heavy atom. The van der Waals surface area contributed by atoms with Gasteiger partial charge >= 0.3 is 0 Å². The minimum Gasteiger partial charge on any atom is -0.497 e. The van der Waals surface area contributed by atoms with Gasteiger partial charge in [-0.15, -0.1) is 0 Å². The predicted octanol–water partition coefficient (Wildman–Crippen LogP) is 1.37. The zero-order valence-corrected chi connectivity index (χ0v) is 14.9. The van der Waals surface area contributed by atoms with Crippen molar-refractivity contribution in [3.8, 4) is 29.1 Å². The van der Waals surface area contributed by atoms with Crippen LogP contribution in [0.4, 0.5) is 0 Å². The molecule has 0 aromatic heterocycles. The van der Waals surface area contributed by atoms with E-state index in [4.69, 9.17) is 19.9 Å². The normalized spacial score (nSPS) is 9.52. The zero-order chi connectivity index (χ0) is 19.5. The first-order valence-corrected chi connectivity index (χ1v) is 8.11. The first-order valence-electron chi connectivity index (χ1n) is 8.11. The van der Waals surface area contributed by atoms with Gasteiger partial charge in [-0.1, -0.05) is 30.0 Å². The average Bonchev–Trinajstić information content (AvgIpc) is 2.69. The molecule has 2 aromatic carbocycles. The zero-order valence-electron chi connectivity index (χ0n) is 14.9. The Labute approximate surface area is 157 Å². The third-order valence-electron chi connectivity index (χ3n) is 3.36. The highest BCUT2D eigenvalue weighted by Gasteiger charge is 2.07. The molecule has 0 spiro atoms. The molecule has 0 saturated heterocycles. The number of rotatable bonds is 8. The van der Waals surface area contributed by atoms with Gasteiger partial charge in [0, 0.05) is 6.07 Å². The molecule has 27 heavy (non-hydrogen) atoms. The summed E-state index contributed by atoms with van der Waals surface area (Å²) in [6.07, 6.45) is 0. The van der Waals surface area contributed by atoms with E-state index < -0.39 is 5.91 Å². The minimum atomic E-state index is -0.568. The molecule has 0 aliphatic carbocycles. The van der Waals surface area contributed by atoms with Crippen LogP contribution in [0.2, 0.25) is 0 Å². The largest absolute Gasteiger partial charge is 0.497 e. The molecule has 0 heterocycles. The highest BCUT2D eigenvalue weighted by molar-refractivity contribution is 5.95. The van der Waals surface area contributed by atoms with Crippen molar-refractivity contribution in [3.05, 3.63) is 54.1 Å². The van der Waals surface area contributed by atoms with Crippen molar-refractivity contribution in [2.24, 2.45) is 5.73 Å². The molecule has 7 heteroatoms. The van der Waals surface area contributed by atoms with Gasteiger partial charge in [0.2, 0.25) is 0 Å². The van der Waals surface area contributed by atoms with Crippen molar-refractivity contribution in [1.82, 2.24) is 5.32 Å². The average molecular weight is 368 g/mol. The molecular formula is C20H20N2O5. The van der Waals surface area contributed by atoms with Gasteiger partial charge in [0.05, 0.1) is 19.2 Å². The van der Waals surface area contributed by atoms with Crippen molar-refractivity contribution in [2.45, 2.75) is 0 Å². The monoisotopic (exact) mass is 368 g/mol. The van der Waals surface area contributed by atoms with E-state index in [2.05, 4.69) is 17.2 Å². The summed E-state index contributed by atoms with van der Waals surface area (Å²) in [5.41, 5.74) is 5.56. The Balaban J connectivity index is 1.69. The van der Waals surface area contributed by atoms with Crippen LogP contribution in [0.3, 0.4) is 0 Å². The summed E-state index contributed by atoms with van der Waals surface area (Å²) in [7, 11) is 1.56. The second kappa shape index (κ2) is 10.4. The molecule has 0 radical (unpaired) electrons. The molecule has 2 rings (SSSR count). The van der Waals surface area contributed by atoms with Gasteiger partial charge in [-0.3, -0.25) is 9.59 Å². The molecule has 2 amide bonds. The minimum absolute atomic E-state index is 0.0699. The van der Waals surface area contributed by atoms with E-state index in [0.717, 1.165) is 0 Å². The van der Waals surface area contributed by atoms with Crippen molar-refractivity contribution in [3.63, 3.8) is 0 Å². The number of nitrogens with two attached hydrogens (primary N) is 1. The highest BCUT2D eigenvalue weighted by atomic mass is 16.5. The Morgan fingerprint density at radius 3 is 2.59 bits per heavy atom. The fourth-order valence-corrected chi connectivity index (χ4v) is 2.06. The number of amides is 2. The third kappa shape index (κ3) is 6.63. The van der Waals surface area contributed by atoms with E-state index in [-0.39, 0.29) is 25.7 Å². The molecule has 0 fully saturated rings. The SMILES string of the molecule is COc1cccc(OCC(=O)NCC#CCOc2ccccc2C(N)=O)c1. The van der Waals surface area contributed by atoms with E-state index in [0.29, 0.717) is 22.8 Å². The van der Waals surface area contributed by atoms with Gasteiger partial charge in [0.25, 0.3) is 11.8 Å². The molecular weight excluding hydrogens is 348 g/mol.